The van der Waals surface area contributed by atoms with Gasteiger partial charge in [-0.2, -0.15) is 0 Å². The molecule has 3 aliphatic heterocycles. The highest BCUT2D eigenvalue weighted by atomic mass is 35.5. The molecule has 3 saturated heterocycles. The van der Waals surface area contributed by atoms with Gasteiger partial charge in [-0.15, -0.1) is 11.6 Å². The second-order valence-corrected chi connectivity index (χ2v) is 12.0. The number of benzene rings is 1. The Hall–Kier alpha value is -1.06. The van der Waals surface area contributed by atoms with Crippen LogP contribution in [0.5, 0.6) is 0 Å². The zero-order chi connectivity index (χ0) is 20.4. The van der Waals surface area contributed by atoms with E-state index in [1.807, 2.05) is 0 Å². The second-order valence-electron chi connectivity index (χ2n) is 11.6. The molecule has 5 atom stereocenters. The SMILES string of the molecule is O=C(N[C@H]1CN2CCC1CC2)C12CC3C[C@@](CCCl)(C1)C[C@](c1ccccc1)(C3)C2. The molecule has 4 saturated carbocycles. The predicted molar refractivity (Wildman–Crippen MR) is 121 cm³/mol. The molecular weight excluding hydrogens is 392 g/mol. The Kier molecular flexibility index (Phi) is 4.56. The lowest BCUT2D eigenvalue weighted by atomic mass is 9.38. The summed E-state index contributed by atoms with van der Waals surface area (Å²) in [5.41, 5.74) is 1.70. The van der Waals surface area contributed by atoms with Crippen LogP contribution in [0.2, 0.25) is 0 Å². The average molecular weight is 427 g/mol. The number of fused-ring (bicyclic) bond motifs is 3. The standard InChI is InChI=1S/C26H35ClN2O/c27-9-8-24-12-19-13-25(16-24,21-4-2-1-3-5-21)18-26(14-19,17-24)23(30)28-22-15-29-10-6-20(22)7-11-29/h1-5,19-20,22H,6-18H2,(H,28,30)/t19?,22-,24+,25+,26?/m0/s1. The Morgan fingerprint density at radius 1 is 1.07 bits per heavy atom. The fourth-order valence-electron chi connectivity index (χ4n) is 8.93. The molecule has 3 nitrogen and oxygen atoms in total. The van der Waals surface area contributed by atoms with Gasteiger partial charge in [0.05, 0.1) is 5.41 Å². The quantitative estimate of drug-likeness (QED) is 0.690. The van der Waals surface area contributed by atoms with E-state index in [1.165, 1.54) is 50.8 Å². The van der Waals surface area contributed by atoms with Crippen LogP contribution in [0.25, 0.3) is 0 Å². The normalized spacial score (nSPS) is 46.2. The fraction of sp³-hybridized carbons (Fsp3) is 0.731. The molecule has 4 aliphatic carbocycles. The van der Waals surface area contributed by atoms with Crippen molar-refractivity contribution >= 4 is 17.5 Å². The molecule has 7 fully saturated rings. The first-order chi connectivity index (χ1) is 14.5. The van der Waals surface area contributed by atoms with Crippen molar-refractivity contribution in [1.82, 2.24) is 10.2 Å². The van der Waals surface area contributed by atoms with Crippen LogP contribution < -0.4 is 5.32 Å². The molecule has 2 unspecified atom stereocenters. The Balaban J connectivity index is 1.33. The van der Waals surface area contributed by atoms with Gasteiger partial charge < -0.3 is 10.2 Å². The molecule has 1 N–H and O–H groups in total. The Labute approximate surface area is 185 Å². The van der Waals surface area contributed by atoms with E-state index in [2.05, 4.69) is 40.5 Å². The topological polar surface area (TPSA) is 32.3 Å². The minimum Gasteiger partial charge on any atom is -0.351 e. The number of nitrogens with one attached hydrogen (secondary N) is 1. The maximum absolute atomic E-state index is 14.0. The number of piperidine rings is 3. The van der Waals surface area contributed by atoms with E-state index in [0.717, 1.165) is 38.1 Å². The molecule has 0 aromatic heterocycles. The van der Waals surface area contributed by atoms with Crippen molar-refractivity contribution in [2.24, 2.45) is 22.7 Å². The summed E-state index contributed by atoms with van der Waals surface area (Å²) in [5.74, 6) is 2.45. The van der Waals surface area contributed by atoms with Gasteiger partial charge >= 0.3 is 0 Å². The van der Waals surface area contributed by atoms with Gasteiger partial charge in [0, 0.05) is 18.5 Å². The van der Waals surface area contributed by atoms with E-state index >= 15 is 0 Å². The zero-order valence-electron chi connectivity index (χ0n) is 18.0. The number of hydrogen-bond acceptors (Lipinski definition) is 2. The number of alkyl halides is 1. The van der Waals surface area contributed by atoms with Crippen molar-refractivity contribution in [3.63, 3.8) is 0 Å². The fourth-order valence-corrected chi connectivity index (χ4v) is 9.34. The van der Waals surface area contributed by atoms with Gasteiger partial charge in [-0.3, -0.25) is 4.79 Å². The monoisotopic (exact) mass is 426 g/mol. The molecule has 7 aliphatic rings. The Morgan fingerprint density at radius 3 is 2.57 bits per heavy atom. The van der Waals surface area contributed by atoms with E-state index in [-0.39, 0.29) is 16.2 Å². The Morgan fingerprint density at radius 2 is 1.87 bits per heavy atom. The van der Waals surface area contributed by atoms with Gasteiger partial charge in [0.15, 0.2) is 0 Å². The third kappa shape index (κ3) is 2.98. The summed E-state index contributed by atoms with van der Waals surface area (Å²) in [6.07, 6.45) is 10.5. The molecule has 1 amide bonds. The number of carbonyl (C=O) groups excluding carboxylic acids is 1. The average Bonchev–Trinajstić information content (AvgIpc) is 2.74. The smallest absolute Gasteiger partial charge is 0.226 e. The molecule has 0 radical (unpaired) electrons. The van der Waals surface area contributed by atoms with Crippen LogP contribution in [-0.4, -0.2) is 42.4 Å². The summed E-state index contributed by atoms with van der Waals surface area (Å²) in [4.78, 5) is 16.5. The molecule has 8 rings (SSSR count). The molecule has 30 heavy (non-hydrogen) atoms. The minimum atomic E-state index is -0.187. The van der Waals surface area contributed by atoms with Crippen LogP contribution in [0.3, 0.4) is 0 Å². The molecule has 0 spiro atoms. The highest BCUT2D eigenvalue weighted by Crippen LogP contribution is 2.71. The van der Waals surface area contributed by atoms with Crippen molar-refractivity contribution < 1.29 is 4.79 Å². The molecule has 162 valence electrons. The number of nitrogens with zero attached hydrogens (tertiary/aromatic N) is 1. The van der Waals surface area contributed by atoms with Crippen molar-refractivity contribution in [3.05, 3.63) is 35.9 Å². The summed E-state index contributed by atoms with van der Waals surface area (Å²) in [5, 5.41) is 3.62. The maximum Gasteiger partial charge on any atom is 0.226 e. The first-order valence-electron chi connectivity index (χ1n) is 12.2. The van der Waals surface area contributed by atoms with Gasteiger partial charge in [0.25, 0.3) is 0 Å². The van der Waals surface area contributed by atoms with E-state index in [9.17, 15) is 4.79 Å². The largest absolute Gasteiger partial charge is 0.351 e. The molecule has 4 heteroatoms. The number of carbonyl (C=O) groups is 1. The van der Waals surface area contributed by atoms with E-state index in [1.54, 1.807) is 0 Å². The molecule has 1 aromatic rings. The van der Waals surface area contributed by atoms with Gasteiger partial charge in [0.1, 0.15) is 0 Å². The van der Waals surface area contributed by atoms with Crippen LogP contribution in [0.15, 0.2) is 30.3 Å². The van der Waals surface area contributed by atoms with Gasteiger partial charge in [0.2, 0.25) is 5.91 Å². The van der Waals surface area contributed by atoms with Crippen molar-refractivity contribution in [1.29, 1.82) is 0 Å². The van der Waals surface area contributed by atoms with E-state index < -0.39 is 0 Å². The van der Waals surface area contributed by atoms with Gasteiger partial charge in [-0.1, -0.05) is 30.3 Å². The molecular formula is C26H35ClN2O. The van der Waals surface area contributed by atoms with Crippen LogP contribution in [-0.2, 0) is 10.2 Å². The highest BCUT2D eigenvalue weighted by Gasteiger charge is 2.65. The van der Waals surface area contributed by atoms with Crippen molar-refractivity contribution in [2.45, 2.75) is 69.2 Å². The lowest BCUT2D eigenvalue weighted by Crippen LogP contribution is -2.65. The predicted octanol–water partition coefficient (Wildman–Crippen LogP) is 4.73. The van der Waals surface area contributed by atoms with Crippen LogP contribution in [0, 0.1) is 22.7 Å². The summed E-state index contributed by atoms with van der Waals surface area (Å²) in [6, 6.07) is 11.5. The number of amides is 1. The minimum absolute atomic E-state index is 0.166. The molecule has 3 heterocycles. The summed E-state index contributed by atoms with van der Waals surface area (Å²) >= 11 is 6.35. The van der Waals surface area contributed by atoms with Gasteiger partial charge in [-0.05, 0) is 99.1 Å². The Bertz CT molecular complexity index is 822. The van der Waals surface area contributed by atoms with Gasteiger partial charge in [-0.25, -0.2) is 0 Å². The zero-order valence-corrected chi connectivity index (χ0v) is 18.8. The summed E-state index contributed by atoms with van der Waals surface area (Å²) in [6.45, 7) is 3.51. The highest BCUT2D eigenvalue weighted by molar-refractivity contribution is 6.17. The second kappa shape index (κ2) is 6.97. The maximum atomic E-state index is 14.0. The number of halogens is 1. The number of rotatable bonds is 5. The van der Waals surface area contributed by atoms with Crippen molar-refractivity contribution in [3.8, 4) is 0 Å². The molecule has 1 aromatic carbocycles. The van der Waals surface area contributed by atoms with Crippen LogP contribution in [0.1, 0.15) is 63.4 Å². The lowest BCUT2D eigenvalue weighted by molar-refractivity contribution is -0.164. The molecule has 6 bridgehead atoms. The van der Waals surface area contributed by atoms with E-state index in [4.69, 9.17) is 11.6 Å². The summed E-state index contributed by atoms with van der Waals surface area (Å²) in [7, 11) is 0. The van der Waals surface area contributed by atoms with Crippen molar-refractivity contribution in [2.75, 3.05) is 25.5 Å². The first-order valence-corrected chi connectivity index (χ1v) is 12.7. The third-order valence-corrected chi connectivity index (χ3v) is 9.84. The first kappa shape index (κ1) is 19.6. The number of hydrogen-bond donors (Lipinski definition) is 1. The van der Waals surface area contributed by atoms with Crippen LogP contribution in [0.4, 0.5) is 0 Å². The third-order valence-electron chi connectivity index (χ3n) is 9.65. The van der Waals surface area contributed by atoms with Crippen LogP contribution >= 0.6 is 11.6 Å². The van der Waals surface area contributed by atoms with E-state index in [0.29, 0.717) is 23.8 Å². The lowest BCUT2D eigenvalue weighted by Gasteiger charge is -2.66. The summed E-state index contributed by atoms with van der Waals surface area (Å²) < 4.78 is 0.